The Bertz CT molecular complexity index is 345. The van der Waals surface area contributed by atoms with Gasteiger partial charge in [0, 0.05) is 18.6 Å². The minimum Gasteiger partial charge on any atom is -0.480 e. The molecular formula is C17H34N2O2. The van der Waals surface area contributed by atoms with Gasteiger partial charge in [0.05, 0.1) is 0 Å². The van der Waals surface area contributed by atoms with Gasteiger partial charge in [-0.2, -0.15) is 0 Å². The largest absolute Gasteiger partial charge is 0.480 e. The van der Waals surface area contributed by atoms with E-state index in [0.29, 0.717) is 17.9 Å². The number of carbonyl (C=O) groups is 1. The van der Waals surface area contributed by atoms with Crippen molar-refractivity contribution in [1.29, 1.82) is 0 Å². The number of rotatable bonds is 7. The van der Waals surface area contributed by atoms with E-state index in [-0.39, 0.29) is 6.04 Å². The molecule has 4 nitrogen and oxygen atoms in total. The lowest BCUT2D eigenvalue weighted by molar-refractivity contribution is -0.145. The number of carboxylic acids is 1. The van der Waals surface area contributed by atoms with Crippen LogP contribution in [-0.4, -0.2) is 47.2 Å². The Balaban J connectivity index is 2.50. The molecule has 1 fully saturated rings. The Morgan fingerprint density at radius 2 is 1.90 bits per heavy atom. The summed E-state index contributed by atoms with van der Waals surface area (Å²) in [4.78, 5) is 13.9. The van der Waals surface area contributed by atoms with Gasteiger partial charge in [0.15, 0.2) is 0 Å². The first-order chi connectivity index (χ1) is 9.56. The van der Waals surface area contributed by atoms with E-state index in [0.717, 1.165) is 6.54 Å². The van der Waals surface area contributed by atoms with Crippen LogP contribution in [-0.2, 0) is 4.79 Å². The van der Waals surface area contributed by atoms with Gasteiger partial charge in [-0.15, -0.1) is 0 Å². The molecule has 0 aliphatic heterocycles. The molecule has 0 aromatic heterocycles. The lowest BCUT2D eigenvalue weighted by Gasteiger charge is -2.39. The van der Waals surface area contributed by atoms with E-state index in [1.165, 1.54) is 25.7 Å². The van der Waals surface area contributed by atoms with E-state index in [2.05, 4.69) is 31.1 Å². The van der Waals surface area contributed by atoms with Crippen molar-refractivity contribution >= 4 is 5.97 Å². The smallest absolute Gasteiger partial charge is 0.323 e. The molecule has 0 spiro atoms. The van der Waals surface area contributed by atoms with Crippen molar-refractivity contribution in [2.45, 2.75) is 84.3 Å². The molecule has 0 saturated heterocycles. The highest BCUT2D eigenvalue weighted by molar-refractivity contribution is 5.78. The molecule has 0 aromatic carbocycles. The first-order valence-corrected chi connectivity index (χ1v) is 8.27. The summed E-state index contributed by atoms with van der Waals surface area (Å²) in [6, 6.07) is 0.780. The van der Waals surface area contributed by atoms with Crippen LogP contribution in [0.3, 0.4) is 0 Å². The SMILES string of the molecule is CC(C)NC(C)(CCN(C)C1CCC(C)(C)CC1)C(=O)O. The maximum atomic E-state index is 11.5. The second kappa shape index (κ2) is 7.10. The lowest BCUT2D eigenvalue weighted by Crippen LogP contribution is -2.54. The Labute approximate surface area is 130 Å². The Hall–Kier alpha value is -0.610. The summed E-state index contributed by atoms with van der Waals surface area (Å²) in [5.74, 6) is -0.755. The summed E-state index contributed by atoms with van der Waals surface area (Å²) >= 11 is 0. The summed E-state index contributed by atoms with van der Waals surface area (Å²) in [6.07, 6.45) is 5.62. The predicted octanol–water partition coefficient (Wildman–Crippen LogP) is 3.12. The number of aliphatic carboxylic acids is 1. The monoisotopic (exact) mass is 298 g/mol. The number of nitrogens with one attached hydrogen (secondary N) is 1. The molecule has 1 unspecified atom stereocenters. The Morgan fingerprint density at radius 3 is 2.33 bits per heavy atom. The maximum absolute atomic E-state index is 11.5. The van der Waals surface area contributed by atoms with Crippen molar-refractivity contribution in [3.8, 4) is 0 Å². The van der Waals surface area contributed by atoms with Crippen LogP contribution in [0.25, 0.3) is 0 Å². The molecule has 1 rings (SSSR count). The van der Waals surface area contributed by atoms with Gasteiger partial charge in [0.1, 0.15) is 5.54 Å². The molecule has 4 heteroatoms. The molecule has 1 aliphatic rings. The van der Waals surface area contributed by atoms with Gasteiger partial charge in [-0.05, 0) is 65.3 Å². The van der Waals surface area contributed by atoms with E-state index in [9.17, 15) is 9.90 Å². The molecule has 1 aliphatic carbocycles. The zero-order valence-electron chi connectivity index (χ0n) is 14.7. The van der Waals surface area contributed by atoms with Gasteiger partial charge >= 0.3 is 5.97 Å². The molecule has 21 heavy (non-hydrogen) atoms. The van der Waals surface area contributed by atoms with Crippen LogP contribution in [0.5, 0.6) is 0 Å². The topological polar surface area (TPSA) is 52.6 Å². The average Bonchev–Trinajstić information content (AvgIpc) is 2.35. The maximum Gasteiger partial charge on any atom is 0.323 e. The van der Waals surface area contributed by atoms with Crippen molar-refractivity contribution in [3.05, 3.63) is 0 Å². The van der Waals surface area contributed by atoms with Crippen molar-refractivity contribution in [2.75, 3.05) is 13.6 Å². The molecule has 0 radical (unpaired) electrons. The number of carboxylic acid groups (broad SMARTS) is 1. The molecule has 124 valence electrons. The van der Waals surface area contributed by atoms with E-state index in [4.69, 9.17) is 0 Å². The molecule has 0 heterocycles. The van der Waals surface area contributed by atoms with Gasteiger partial charge in [-0.25, -0.2) is 0 Å². The van der Waals surface area contributed by atoms with E-state index in [1.54, 1.807) is 6.92 Å². The fourth-order valence-corrected chi connectivity index (χ4v) is 3.29. The Morgan fingerprint density at radius 1 is 1.38 bits per heavy atom. The van der Waals surface area contributed by atoms with Crippen LogP contribution in [0, 0.1) is 5.41 Å². The molecule has 0 aromatic rings. The Kier molecular flexibility index (Phi) is 6.23. The van der Waals surface area contributed by atoms with Crippen LogP contribution in [0.1, 0.15) is 66.7 Å². The first kappa shape index (κ1) is 18.4. The quantitative estimate of drug-likeness (QED) is 0.758. The molecule has 0 bridgehead atoms. The third-order valence-electron chi connectivity index (χ3n) is 4.98. The molecule has 1 saturated carbocycles. The summed E-state index contributed by atoms with van der Waals surface area (Å²) in [6.45, 7) is 11.3. The first-order valence-electron chi connectivity index (χ1n) is 8.27. The van der Waals surface area contributed by atoms with E-state index < -0.39 is 11.5 Å². The fraction of sp³-hybridized carbons (Fsp3) is 0.941. The van der Waals surface area contributed by atoms with Gasteiger partial charge in [-0.1, -0.05) is 13.8 Å². The summed E-state index contributed by atoms with van der Waals surface area (Å²) in [5, 5.41) is 12.7. The second-order valence-corrected chi connectivity index (χ2v) is 8.06. The van der Waals surface area contributed by atoms with Crippen molar-refractivity contribution in [3.63, 3.8) is 0 Å². The third-order valence-corrected chi connectivity index (χ3v) is 4.98. The van der Waals surface area contributed by atoms with Crippen LogP contribution in [0.4, 0.5) is 0 Å². The highest BCUT2D eigenvalue weighted by Gasteiger charge is 2.35. The van der Waals surface area contributed by atoms with Gasteiger partial charge < -0.3 is 10.0 Å². The number of hydrogen-bond acceptors (Lipinski definition) is 3. The zero-order valence-corrected chi connectivity index (χ0v) is 14.7. The van der Waals surface area contributed by atoms with Crippen LogP contribution < -0.4 is 5.32 Å². The van der Waals surface area contributed by atoms with Gasteiger partial charge in [-0.3, -0.25) is 10.1 Å². The summed E-state index contributed by atoms with van der Waals surface area (Å²) in [5.41, 5.74) is -0.359. The molecule has 1 atom stereocenters. The molecule has 0 amide bonds. The average molecular weight is 298 g/mol. The van der Waals surface area contributed by atoms with Crippen molar-refractivity contribution in [1.82, 2.24) is 10.2 Å². The van der Waals surface area contributed by atoms with E-state index in [1.807, 2.05) is 13.8 Å². The lowest BCUT2D eigenvalue weighted by atomic mass is 9.75. The van der Waals surface area contributed by atoms with Crippen molar-refractivity contribution in [2.24, 2.45) is 5.41 Å². The normalized spacial score (nSPS) is 22.5. The number of hydrogen-bond donors (Lipinski definition) is 2. The number of nitrogens with zero attached hydrogens (tertiary/aromatic N) is 1. The molecular weight excluding hydrogens is 264 g/mol. The van der Waals surface area contributed by atoms with Crippen LogP contribution in [0.2, 0.25) is 0 Å². The van der Waals surface area contributed by atoms with Crippen molar-refractivity contribution < 1.29 is 9.90 Å². The molecule has 2 N–H and O–H groups in total. The minimum absolute atomic E-state index is 0.173. The highest BCUT2D eigenvalue weighted by Crippen LogP contribution is 2.36. The minimum atomic E-state index is -0.837. The van der Waals surface area contributed by atoms with Gasteiger partial charge in [0.25, 0.3) is 0 Å². The second-order valence-electron chi connectivity index (χ2n) is 8.06. The summed E-state index contributed by atoms with van der Waals surface area (Å²) in [7, 11) is 2.14. The van der Waals surface area contributed by atoms with E-state index >= 15 is 0 Å². The third kappa shape index (κ3) is 5.59. The highest BCUT2D eigenvalue weighted by atomic mass is 16.4. The van der Waals surface area contributed by atoms with Crippen LogP contribution in [0.15, 0.2) is 0 Å². The summed E-state index contributed by atoms with van der Waals surface area (Å²) < 4.78 is 0. The fourth-order valence-electron chi connectivity index (χ4n) is 3.29. The van der Waals surface area contributed by atoms with Gasteiger partial charge in [0.2, 0.25) is 0 Å². The zero-order chi connectivity index (χ0) is 16.3. The predicted molar refractivity (Wildman–Crippen MR) is 87.6 cm³/mol. The standard InChI is InChI=1S/C17H34N2O2/c1-13(2)18-17(5,15(20)21)11-12-19(6)14-7-9-16(3,4)10-8-14/h13-14,18H,7-12H2,1-6H3,(H,20,21). The van der Waals surface area contributed by atoms with Crippen LogP contribution >= 0.6 is 0 Å².